The van der Waals surface area contributed by atoms with Crippen LogP contribution in [0.5, 0.6) is 0 Å². The highest BCUT2D eigenvalue weighted by Gasteiger charge is 2.25. The third-order valence-corrected chi connectivity index (χ3v) is 3.34. The molecule has 88 valence electrons. The van der Waals surface area contributed by atoms with Crippen molar-refractivity contribution in [3.63, 3.8) is 0 Å². The van der Waals surface area contributed by atoms with Gasteiger partial charge in [-0.25, -0.2) is 0 Å². The molecule has 2 aliphatic heterocycles. The zero-order valence-corrected chi connectivity index (χ0v) is 9.23. The number of rotatable bonds is 4. The van der Waals surface area contributed by atoms with Crippen LogP contribution >= 0.6 is 0 Å². The van der Waals surface area contributed by atoms with Gasteiger partial charge in [0.2, 0.25) is 0 Å². The predicted molar refractivity (Wildman–Crippen MR) is 56.6 cm³/mol. The molecular formula is C11H21NO3. The van der Waals surface area contributed by atoms with Gasteiger partial charge in [-0.2, -0.15) is 0 Å². The van der Waals surface area contributed by atoms with Crippen LogP contribution in [-0.4, -0.2) is 55.8 Å². The molecule has 2 unspecified atom stereocenters. The molecule has 0 spiro atoms. The molecule has 1 N–H and O–H groups in total. The topological polar surface area (TPSA) is 41.9 Å². The van der Waals surface area contributed by atoms with Gasteiger partial charge < -0.3 is 19.5 Å². The molecule has 4 nitrogen and oxygen atoms in total. The lowest BCUT2D eigenvalue weighted by Crippen LogP contribution is -2.36. The Hall–Kier alpha value is -0.160. The van der Waals surface area contributed by atoms with Gasteiger partial charge >= 0.3 is 0 Å². The highest BCUT2D eigenvalue weighted by atomic mass is 16.7. The standard InChI is InChI=1S/C11H21NO3/c13-5-2-10-1-4-12(7-10)8-11-3-6-14-9-15-11/h10-11,13H,1-9H2. The Balaban J connectivity index is 1.67. The first-order valence-electron chi connectivity index (χ1n) is 5.91. The molecule has 0 aromatic rings. The van der Waals surface area contributed by atoms with Crippen molar-refractivity contribution in [1.82, 2.24) is 4.90 Å². The molecule has 2 heterocycles. The number of likely N-dealkylation sites (tertiary alicyclic amines) is 1. The first-order chi connectivity index (χ1) is 7.38. The first-order valence-corrected chi connectivity index (χ1v) is 5.91. The van der Waals surface area contributed by atoms with E-state index in [2.05, 4.69) is 4.90 Å². The molecule has 2 aliphatic rings. The summed E-state index contributed by atoms with van der Waals surface area (Å²) in [6, 6.07) is 0. The van der Waals surface area contributed by atoms with Gasteiger partial charge in [0, 0.05) is 19.7 Å². The quantitative estimate of drug-likeness (QED) is 0.739. The largest absolute Gasteiger partial charge is 0.396 e. The average Bonchev–Trinajstić information content (AvgIpc) is 2.68. The number of aliphatic hydroxyl groups is 1. The van der Waals surface area contributed by atoms with Crippen LogP contribution in [0.1, 0.15) is 19.3 Å². The fourth-order valence-corrected chi connectivity index (χ4v) is 2.43. The van der Waals surface area contributed by atoms with Crippen LogP contribution in [0.25, 0.3) is 0 Å². The minimum absolute atomic E-state index is 0.326. The Kier molecular flexibility index (Phi) is 4.38. The van der Waals surface area contributed by atoms with E-state index >= 15 is 0 Å². The smallest absolute Gasteiger partial charge is 0.147 e. The summed E-state index contributed by atoms with van der Waals surface area (Å²) in [5.74, 6) is 0.690. The molecular weight excluding hydrogens is 194 g/mol. The zero-order valence-electron chi connectivity index (χ0n) is 9.23. The summed E-state index contributed by atoms with van der Waals surface area (Å²) in [5, 5.41) is 8.87. The Morgan fingerprint density at radius 3 is 3.00 bits per heavy atom. The number of hydrogen-bond donors (Lipinski definition) is 1. The maximum absolute atomic E-state index is 8.87. The molecule has 0 aliphatic carbocycles. The SMILES string of the molecule is OCCC1CCN(CC2CCOCO2)C1. The van der Waals surface area contributed by atoms with Crippen molar-refractivity contribution in [3.05, 3.63) is 0 Å². The first kappa shape index (κ1) is 11.3. The zero-order chi connectivity index (χ0) is 10.5. The van der Waals surface area contributed by atoms with Crippen molar-refractivity contribution in [1.29, 1.82) is 0 Å². The number of nitrogens with zero attached hydrogens (tertiary/aromatic N) is 1. The van der Waals surface area contributed by atoms with E-state index in [0.29, 0.717) is 25.4 Å². The Labute approximate surface area is 91.2 Å². The molecule has 2 fully saturated rings. The second kappa shape index (κ2) is 5.80. The summed E-state index contributed by atoms with van der Waals surface area (Å²) >= 11 is 0. The van der Waals surface area contributed by atoms with Crippen LogP contribution in [0, 0.1) is 5.92 Å². The normalized spacial score (nSPS) is 33.4. The lowest BCUT2D eigenvalue weighted by Gasteiger charge is -2.27. The van der Waals surface area contributed by atoms with Crippen LogP contribution in [0.3, 0.4) is 0 Å². The van der Waals surface area contributed by atoms with Crippen molar-refractivity contribution in [2.24, 2.45) is 5.92 Å². The van der Waals surface area contributed by atoms with Gasteiger partial charge in [0.1, 0.15) is 6.79 Å². The highest BCUT2D eigenvalue weighted by Crippen LogP contribution is 2.20. The fraction of sp³-hybridized carbons (Fsp3) is 1.00. The third-order valence-electron chi connectivity index (χ3n) is 3.34. The van der Waals surface area contributed by atoms with E-state index in [-0.39, 0.29) is 0 Å². The van der Waals surface area contributed by atoms with Gasteiger partial charge in [0.15, 0.2) is 0 Å². The van der Waals surface area contributed by atoms with E-state index in [1.807, 2.05) is 0 Å². The lowest BCUT2D eigenvalue weighted by molar-refractivity contribution is -0.143. The van der Waals surface area contributed by atoms with E-state index in [4.69, 9.17) is 14.6 Å². The molecule has 15 heavy (non-hydrogen) atoms. The second-order valence-electron chi connectivity index (χ2n) is 4.53. The van der Waals surface area contributed by atoms with E-state index in [0.717, 1.165) is 39.1 Å². The van der Waals surface area contributed by atoms with Crippen molar-refractivity contribution < 1.29 is 14.6 Å². The van der Waals surface area contributed by atoms with E-state index in [1.54, 1.807) is 0 Å². The summed E-state index contributed by atoms with van der Waals surface area (Å²) in [7, 11) is 0. The second-order valence-corrected chi connectivity index (χ2v) is 4.53. The maximum Gasteiger partial charge on any atom is 0.147 e. The van der Waals surface area contributed by atoms with Gasteiger partial charge in [0.05, 0.1) is 12.7 Å². The maximum atomic E-state index is 8.87. The third kappa shape index (κ3) is 3.41. The van der Waals surface area contributed by atoms with Gasteiger partial charge in [0.25, 0.3) is 0 Å². The average molecular weight is 215 g/mol. The van der Waals surface area contributed by atoms with E-state index in [1.165, 1.54) is 6.42 Å². The van der Waals surface area contributed by atoms with Crippen LogP contribution < -0.4 is 0 Å². The molecule has 0 aromatic carbocycles. The van der Waals surface area contributed by atoms with Gasteiger partial charge in [-0.05, 0) is 31.7 Å². The predicted octanol–water partition coefficient (Wildman–Crippen LogP) is 0.454. The molecule has 2 rings (SSSR count). The van der Waals surface area contributed by atoms with Crippen molar-refractivity contribution in [3.8, 4) is 0 Å². The van der Waals surface area contributed by atoms with Crippen LogP contribution in [0.15, 0.2) is 0 Å². The Morgan fingerprint density at radius 1 is 1.33 bits per heavy atom. The van der Waals surface area contributed by atoms with Gasteiger partial charge in [-0.15, -0.1) is 0 Å². The number of aliphatic hydroxyl groups excluding tert-OH is 1. The molecule has 0 radical (unpaired) electrons. The summed E-state index contributed by atoms with van der Waals surface area (Å²) in [5.41, 5.74) is 0. The van der Waals surface area contributed by atoms with E-state index in [9.17, 15) is 0 Å². The number of ether oxygens (including phenoxy) is 2. The van der Waals surface area contributed by atoms with Crippen LogP contribution in [-0.2, 0) is 9.47 Å². The minimum Gasteiger partial charge on any atom is -0.396 e. The lowest BCUT2D eigenvalue weighted by atomic mass is 10.1. The molecule has 0 amide bonds. The van der Waals surface area contributed by atoms with E-state index < -0.39 is 0 Å². The molecule has 0 bridgehead atoms. The molecule has 2 atom stereocenters. The van der Waals surface area contributed by atoms with Crippen molar-refractivity contribution >= 4 is 0 Å². The minimum atomic E-state index is 0.326. The van der Waals surface area contributed by atoms with Crippen molar-refractivity contribution in [2.75, 3.05) is 39.6 Å². The summed E-state index contributed by atoms with van der Waals surface area (Å²) in [4.78, 5) is 2.45. The van der Waals surface area contributed by atoms with Crippen molar-refractivity contribution in [2.45, 2.75) is 25.4 Å². The molecule has 0 saturated carbocycles. The Bertz CT molecular complexity index is 183. The molecule has 2 saturated heterocycles. The number of hydrogen-bond acceptors (Lipinski definition) is 4. The molecule has 4 heteroatoms. The van der Waals surface area contributed by atoms with Gasteiger partial charge in [-0.3, -0.25) is 0 Å². The summed E-state index contributed by atoms with van der Waals surface area (Å²) in [6.07, 6.45) is 3.54. The Morgan fingerprint density at radius 2 is 2.27 bits per heavy atom. The van der Waals surface area contributed by atoms with Crippen LogP contribution in [0.2, 0.25) is 0 Å². The fourth-order valence-electron chi connectivity index (χ4n) is 2.43. The van der Waals surface area contributed by atoms with Crippen LogP contribution in [0.4, 0.5) is 0 Å². The summed E-state index contributed by atoms with van der Waals surface area (Å²) in [6.45, 7) is 4.93. The molecule has 0 aromatic heterocycles. The highest BCUT2D eigenvalue weighted by molar-refractivity contribution is 4.78. The van der Waals surface area contributed by atoms with Gasteiger partial charge in [-0.1, -0.05) is 0 Å². The monoisotopic (exact) mass is 215 g/mol. The summed E-state index contributed by atoms with van der Waals surface area (Å²) < 4.78 is 10.7.